The third-order valence-corrected chi connectivity index (χ3v) is 7.98. The number of nitrogens with zero attached hydrogens (tertiary/aromatic N) is 2. The Labute approximate surface area is 321 Å². The van der Waals surface area contributed by atoms with Crippen molar-refractivity contribution in [3.05, 3.63) is 96.1 Å². The Hall–Kier alpha value is -5.50. The fourth-order valence-electron chi connectivity index (χ4n) is 4.98. The SMILES string of the molecule is CCCCOc1ccc(C(=O)Oc2ccc(N=Nc3ccc(OC(=O)c4ccc(OCCCC)cc4)c4c3OCCOCCOCCOCCO4)cc2)cc1. The Kier molecular flexibility index (Phi) is 16.8. The molecule has 0 unspecified atom stereocenters. The Bertz CT molecular complexity index is 1800. The monoisotopic (exact) mass is 756 g/mol. The van der Waals surface area contributed by atoms with Gasteiger partial charge in [-0.15, -0.1) is 5.11 Å². The predicted molar refractivity (Wildman–Crippen MR) is 204 cm³/mol. The number of benzene rings is 4. The molecule has 13 nitrogen and oxygen atoms in total. The van der Waals surface area contributed by atoms with Gasteiger partial charge in [-0.05, 0) is 97.8 Å². The normalized spacial score (nSPS) is 14.0. The lowest BCUT2D eigenvalue weighted by atomic mass is 10.2. The molecule has 0 fully saturated rings. The average molecular weight is 757 g/mol. The van der Waals surface area contributed by atoms with Crippen LogP contribution in [0.1, 0.15) is 60.2 Å². The molecule has 4 aromatic carbocycles. The van der Waals surface area contributed by atoms with Crippen LogP contribution in [0.25, 0.3) is 0 Å². The standard InChI is InChI=1S/C42H48N2O11/c1-3-5-21-50-34-13-7-31(8-14-34)41(45)54-36-17-11-33(12-18-36)43-44-37-19-20-38(55-42(46)32-9-15-35(16-10-32)51-22-6-4-2)40-39(37)52-29-27-48-25-23-47-24-26-49-28-30-53-40/h7-20H,3-6,21-30H2,1-2H3. The van der Waals surface area contributed by atoms with E-state index < -0.39 is 11.9 Å². The number of ether oxygens (including phenoxy) is 9. The quantitative estimate of drug-likeness (QED) is 0.0528. The van der Waals surface area contributed by atoms with Crippen molar-refractivity contribution < 1.29 is 52.2 Å². The fourth-order valence-corrected chi connectivity index (χ4v) is 4.98. The third-order valence-electron chi connectivity index (χ3n) is 7.98. The van der Waals surface area contributed by atoms with E-state index in [9.17, 15) is 9.59 Å². The van der Waals surface area contributed by atoms with Crippen molar-refractivity contribution >= 4 is 23.3 Å². The number of fused-ring (bicyclic) bond motifs is 1. The average Bonchev–Trinajstić information content (AvgIpc) is 3.22. The van der Waals surface area contributed by atoms with Gasteiger partial charge in [-0.3, -0.25) is 0 Å². The number of hydrogen-bond donors (Lipinski definition) is 0. The van der Waals surface area contributed by atoms with Crippen LogP contribution in [0.4, 0.5) is 11.4 Å². The summed E-state index contributed by atoms with van der Waals surface area (Å²) in [7, 11) is 0. The lowest BCUT2D eigenvalue weighted by molar-refractivity contribution is 0.00704. The molecule has 1 aliphatic heterocycles. The molecule has 0 N–H and O–H groups in total. The van der Waals surface area contributed by atoms with Gasteiger partial charge in [0.05, 0.1) is 69.7 Å². The maximum absolute atomic E-state index is 13.3. The highest BCUT2D eigenvalue weighted by Crippen LogP contribution is 2.45. The van der Waals surface area contributed by atoms with Crippen LogP contribution in [-0.4, -0.2) is 78.0 Å². The minimum Gasteiger partial charge on any atom is -0.494 e. The minimum absolute atomic E-state index is 0.124. The molecule has 5 rings (SSSR count). The van der Waals surface area contributed by atoms with Gasteiger partial charge in [0.2, 0.25) is 5.75 Å². The summed E-state index contributed by atoms with van der Waals surface area (Å²) in [6.07, 6.45) is 3.96. The number of azo groups is 1. The van der Waals surface area contributed by atoms with Crippen LogP contribution >= 0.6 is 0 Å². The van der Waals surface area contributed by atoms with Gasteiger partial charge in [0.15, 0.2) is 11.5 Å². The third kappa shape index (κ3) is 13.4. The molecule has 292 valence electrons. The zero-order chi connectivity index (χ0) is 38.5. The summed E-state index contributed by atoms with van der Waals surface area (Å²) < 4.78 is 51.9. The molecular formula is C42H48N2O11. The van der Waals surface area contributed by atoms with Crippen molar-refractivity contribution in [1.82, 2.24) is 0 Å². The highest BCUT2D eigenvalue weighted by Gasteiger charge is 2.22. The van der Waals surface area contributed by atoms with Crippen molar-refractivity contribution in [1.29, 1.82) is 0 Å². The molecule has 0 saturated carbocycles. The summed E-state index contributed by atoms with van der Waals surface area (Å²) >= 11 is 0. The molecule has 0 aliphatic carbocycles. The van der Waals surface area contributed by atoms with Gasteiger partial charge in [0.25, 0.3) is 0 Å². The van der Waals surface area contributed by atoms with E-state index in [0.29, 0.717) is 79.4 Å². The lowest BCUT2D eigenvalue weighted by Gasteiger charge is -2.18. The maximum atomic E-state index is 13.3. The van der Waals surface area contributed by atoms with Crippen LogP contribution < -0.4 is 28.4 Å². The second-order valence-corrected chi connectivity index (χ2v) is 12.2. The van der Waals surface area contributed by atoms with Crippen LogP contribution in [0.3, 0.4) is 0 Å². The van der Waals surface area contributed by atoms with Crippen molar-refractivity contribution in [3.63, 3.8) is 0 Å². The van der Waals surface area contributed by atoms with Gasteiger partial charge in [-0.1, -0.05) is 26.7 Å². The van der Waals surface area contributed by atoms with E-state index in [0.717, 1.165) is 25.7 Å². The van der Waals surface area contributed by atoms with E-state index in [4.69, 9.17) is 42.6 Å². The number of carbonyl (C=O) groups is 2. The molecule has 0 radical (unpaired) electrons. The highest BCUT2D eigenvalue weighted by atomic mass is 16.6. The molecule has 0 spiro atoms. The van der Waals surface area contributed by atoms with E-state index in [1.165, 1.54) is 0 Å². The van der Waals surface area contributed by atoms with Crippen molar-refractivity contribution in [2.75, 3.05) is 66.1 Å². The lowest BCUT2D eigenvalue weighted by Crippen LogP contribution is -2.14. The second-order valence-electron chi connectivity index (χ2n) is 12.2. The number of esters is 2. The van der Waals surface area contributed by atoms with E-state index >= 15 is 0 Å². The minimum atomic E-state index is -0.595. The molecule has 0 saturated heterocycles. The highest BCUT2D eigenvalue weighted by molar-refractivity contribution is 5.92. The van der Waals surface area contributed by atoms with Crippen LogP contribution in [0.2, 0.25) is 0 Å². The van der Waals surface area contributed by atoms with Crippen molar-refractivity contribution in [2.24, 2.45) is 10.2 Å². The fraction of sp³-hybridized carbons (Fsp3) is 0.381. The molecule has 0 bridgehead atoms. The molecule has 4 aromatic rings. The van der Waals surface area contributed by atoms with Gasteiger partial charge < -0.3 is 42.6 Å². The summed E-state index contributed by atoms with van der Waals surface area (Å²) in [6, 6.07) is 23.4. The van der Waals surface area contributed by atoms with Gasteiger partial charge in [0.1, 0.15) is 36.1 Å². The van der Waals surface area contributed by atoms with Crippen LogP contribution in [0.15, 0.2) is 95.2 Å². The van der Waals surface area contributed by atoms with Gasteiger partial charge in [-0.2, -0.15) is 5.11 Å². The topological polar surface area (TPSA) is 142 Å². The van der Waals surface area contributed by atoms with Crippen molar-refractivity contribution in [3.8, 4) is 34.5 Å². The number of unbranched alkanes of at least 4 members (excludes halogenated alkanes) is 2. The van der Waals surface area contributed by atoms with Crippen LogP contribution in [-0.2, 0) is 14.2 Å². The predicted octanol–water partition coefficient (Wildman–Crippen LogP) is 8.72. The number of rotatable bonds is 14. The molecule has 13 heteroatoms. The largest absolute Gasteiger partial charge is 0.494 e. The first-order valence-corrected chi connectivity index (χ1v) is 18.6. The Morgan fingerprint density at radius 1 is 0.527 bits per heavy atom. The number of carbonyl (C=O) groups excluding carboxylic acids is 2. The Balaban J connectivity index is 1.32. The molecule has 55 heavy (non-hydrogen) atoms. The number of hydrogen-bond acceptors (Lipinski definition) is 13. The Morgan fingerprint density at radius 3 is 1.53 bits per heavy atom. The van der Waals surface area contributed by atoms with E-state index in [-0.39, 0.29) is 43.7 Å². The van der Waals surface area contributed by atoms with Crippen LogP contribution in [0, 0.1) is 0 Å². The zero-order valence-electron chi connectivity index (χ0n) is 31.4. The van der Waals surface area contributed by atoms with Crippen LogP contribution in [0.5, 0.6) is 34.5 Å². The summed E-state index contributed by atoms with van der Waals surface area (Å²) in [5.74, 6) is 1.10. The van der Waals surface area contributed by atoms with E-state index in [2.05, 4.69) is 24.1 Å². The van der Waals surface area contributed by atoms with E-state index in [1.807, 2.05) is 0 Å². The van der Waals surface area contributed by atoms with Gasteiger partial charge in [0, 0.05) is 0 Å². The second kappa shape index (κ2) is 22.7. The van der Waals surface area contributed by atoms with E-state index in [1.54, 1.807) is 84.9 Å². The Morgan fingerprint density at radius 2 is 1.00 bits per heavy atom. The van der Waals surface area contributed by atoms with Gasteiger partial charge in [-0.25, -0.2) is 9.59 Å². The first kappa shape index (κ1) is 40.7. The molecule has 0 aromatic heterocycles. The van der Waals surface area contributed by atoms with Crippen molar-refractivity contribution in [2.45, 2.75) is 39.5 Å². The summed E-state index contributed by atoms with van der Waals surface area (Å²) in [6.45, 7) is 7.76. The zero-order valence-corrected chi connectivity index (χ0v) is 31.4. The smallest absolute Gasteiger partial charge is 0.343 e. The molecule has 0 atom stereocenters. The molecule has 1 aliphatic rings. The first-order valence-electron chi connectivity index (χ1n) is 18.6. The summed E-state index contributed by atoms with van der Waals surface area (Å²) in [5, 5.41) is 8.84. The maximum Gasteiger partial charge on any atom is 0.343 e. The molecule has 1 heterocycles. The summed E-state index contributed by atoms with van der Waals surface area (Å²) in [5.41, 5.74) is 1.52. The van der Waals surface area contributed by atoms with Gasteiger partial charge >= 0.3 is 11.9 Å². The molecule has 0 amide bonds. The molecular weight excluding hydrogens is 708 g/mol. The first-order chi connectivity index (χ1) is 27.0. The summed E-state index contributed by atoms with van der Waals surface area (Å²) in [4.78, 5) is 26.1.